The van der Waals surface area contributed by atoms with Gasteiger partial charge in [0.2, 0.25) is 0 Å². The van der Waals surface area contributed by atoms with Crippen LogP contribution in [0.3, 0.4) is 0 Å². The molecule has 0 spiro atoms. The number of carbonyl (C=O) groups excluding carboxylic acids is 2. The molecule has 1 fully saturated rings. The molecule has 1 N–H and O–H groups in total. The Kier molecular flexibility index (Phi) is 6.59. The lowest BCUT2D eigenvalue weighted by Gasteiger charge is -2.38. The second-order valence-electron chi connectivity index (χ2n) is 9.86. The molecule has 2 aliphatic rings. The number of amides is 2. The van der Waals surface area contributed by atoms with Gasteiger partial charge < -0.3 is 15.1 Å². The van der Waals surface area contributed by atoms with Crippen molar-refractivity contribution in [3.8, 4) is 11.1 Å². The monoisotopic (exact) mass is 480 g/mol. The minimum Gasteiger partial charge on any atom is -0.371 e. The fourth-order valence-electron chi connectivity index (χ4n) is 4.89. The summed E-state index contributed by atoms with van der Waals surface area (Å²) >= 11 is 0. The first-order valence-electron chi connectivity index (χ1n) is 12.5. The molecule has 0 aliphatic carbocycles. The zero-order valence-corrected chi connectivity index (χ0v) is 21.1. The van der Waals surface area contributed by atoms with E-state index in [2.05, 4.69) is 27.5 Å². The summed E-state index contributed by atoms with van der Waals surface area (Å²) in [6.45, 7) is 8.12. The molecule has 1 unspecified atom stereocenters. The first-order chi connectivity index (χ1) is 17.4. The van der Waals surface area contributed by atoms with Gasteiger partial charge in [-0.05, 0) is 74.3 Å². The molecule has 1 saturated heterocycles. The summed E-state index contributed by atoms with van der Waals surface area (Å²) in [5, 5.41) is 3.08. The minimum atomic E-state index is -0.212. The van der Waals surface area contributed by atoms with E-state index in [-0.39, 0.29) is 17.9 Å². The summed E-state index contributed by atoms with van der Waals surface area (Å²) in [5.74, 6) is -0.240. The highest BCUT2D eigenvalue weighted by Gasteiger charge is 2.30. The average Bonchev–Trinajstić information content (AvgIpc) is 3.37. The number of hydrogen-bond donors (Lipinski definition) is 1. The van der Waals surface area contributed by atoms with Crippen LogP contribution in [-0.2, 0) is 0 Å². The van der Waals surface area contributed by atoms with E-state index in [1.807, 2.05) is 74.2 Å². The van der Waals surface area contributed by atoms with Gasteiger partial charge in [0.05, 0.1) is 6.04 Å². The molecular weight excluding hydrogens is 448 g/mol. The third-order valence-corrected chi connectivity index (χ3v) is 7.13. The molecule has 184 valence electrons. The maximum absolute atomic E-state index is 13.6. The number of nitrogens with one attached hydrogen (secondary N) is 1. The fraction of sp³-hybridized carbons (Fsp3) is 0.300. The van der Waals surface area contributed by atoms with E-state index in [0.29, 0.717) is 30.3 Å². The lowest BCUT2D eigenvalue weighted by molar-refractivity contribution is 0.0608. The van der Waals surface area contributed by atoms with Gasteiger partial charge in [-0.25, -0.2) is 0 Å². The first-order valence-corrected chi connectivity index (χ1v) is 12.5. The Balaban J connectivity index is 1.44. The molecule has 2 amide bonds. The molecule has 3 heterocycles. The predicted octanol–water partition coefficient (Wildman–Crippen LogP) is 4.90. The number of piperazine rings is 1. The Morgan fingerprint density at radius 2 is 1.75 bits per heavy atom. The molecule has 6 heteroatoms. The Morgan fingerprint density at radius 3 is 2.50 bits per heavy atom. The summed E-state index contributed by atoms with van der Waals surface area (Å²) < 4.78 is 0. The van der Waals surface area contributed by atoms with Crippen molar-refractivity contribution < 1.29 is 9.59 Å². The molecular formula is C30H32N4O2. The lowest BCUT2D eigenvalue weighted by Crippen LogP contribution is -2.51. The van der Waals surface area contributed by atoms with E-state index in [1.165, 1.54) is 0 Å². The first kappa shape index (κ1) is 23.8. The van der Waals surface area contributed by atoms with E-state index in [0.717, 1.165) is 40.9 Å². The van der Waals surface area contributed by atoms with Gasteiger partial charge in [0.1, 0.15) is 0 Å². The topological polar surface area (TPSA) is 65.5 Å². The number of benzene rings is 2. The van der Waals surface area contributed by atoms with Crippen molar-refractivity contribution in [2.45, 2.75) is 39.3 Å². The van der Waals surface area contributed by atoms with Gasteiger partial charge in [0, 0.05) is 48.7 Å². The molecule has 0 bridgehead atoms. The van der Waals surface area contributed by atoms with Gasteiger partial charge >= 0.3 is 0 Å². The second-order valence-corrected chi connectivity index (χ2v) is 9.86. The average molecular weight is 481 g/mol. The number of carbonyl (C=O) groups is 2. The molecule has 3 aromatic rings. The van der Waals surface area contributed by atoms with Crippen LogP contribution in [0.4, 0.5) is 0 Å². The lowest BCUT2D eigenvalue weighted by atomic mass is 9.97. The zero-order chi connectivity index (χ0) is 25.2. The van der Waals surface area contributed by atoms with Crippen LogP contribution in [0.5, 0.6) is 0 Å². The number of aryl methyl sites for hydroxylation is 2. The van der Waals surface area contributed by atoms with E-state index in [1.54, 1.807) is 12.3 Å². The normalized spacial score (nSPS) is 17.6. The Morgan fingerprint density at radius 1 is 0.972 bits per heavy atom. The number of rotatable bonds is 5. The van der Waals surface area contributed by atoms with Crippen LogP contribution in [0, 0.1) is 13.8 Å². The van der Waals surface area contributed by atoms with E-state index >= 15 is 0 Å². The predicted molar refractivity (Wildman–Crippen MR) is 142 cm³/mol. The van der Waals surface area contributed by atoms with Gasteiger partial charge in [-0.1, -0.05) is 42.0 Å². The zero-order valence-electron chi connectivity index (χ0n) is 21.1. The molecule has 0 radical (unpaired) electrons. The number of hydrogen-bond acceptors (Lipinski definition) is 4. The van der Waals surface area contributed by atoms with Crippen LogP contribution in [0.25, 0.3) is 11.1 Å². The number of fused-ring (bicyclic) bond motifs is 1. The van der Waals surface area contributed by atoms with Crippen LogP contribution in [0.1, 0.15) is 56.9 Å². The highest BCUT2D eigenvalue weighted by atomic mass is 16.2. The summed E-state index contributed by atoms with van der Waals surface area (Å²) in [5.41, 5.74) is 5.88. The quantitative estimate of drug-likeness (QED) is 0.564. The summed E-state index contributed by atoms with van der Waals surface area (Å²) in [7, 11) is 0. The van der Waals surface area contributed by atoms with Crippen molar-refractivity contribution >= 4 is 11.8 Å². The Labute approximate surface area is 212 Å². The molecule has 0 saturated carbocycles. The maximum Gasteiger partial charge on any atom is 0.254 e. The number of pyridine rings is 1. The molecule has 36 heavy (non-hydrogen) atoms. The van der Waals surface area contributed by atoms with Crippen LogP contribution in [0.2, 0.25) is 0 Å². The molecule has 2 aromatic carbocycles. The van der Waals surface area contributed by atoms with Gasteiger partial charge in [0.25, 0.3) is 11.8 Å². The Bertz CT molecular complexity index is 1300. The van der Waals surface area contributed by atoms with E-state index in [4.69, 9.17) is 0 Å². The Hall–Kier alpha value is -3.93. The third kappa shape index (κ3) is 5.03. The highest BCUT2D eigenvalue weighted by Crippen LogP contribution is 2.26. The maximum atomic E-state index is 13.6. The fourth-order valence-corrected chi connectivity index (χ4v) is 4.89. The van der Waals surface area contributed by atoms with Gasteiger partial charge in [-0.2, -0.15) is 0 Å². The van der Waals surface area contributed by atoms with Gasteiger partial charge in [0.15, 0.2) is 0 Å². The second kappa shape index (κ2) is 9.97. The van der Waals surface area contributed by atoms with Gasteiger partial charge in [-0.3, -0.25) is 14.6 Å². The summed E-state index contributed by atoms with van der Waals surface area (Å²) in [6, 6.07) is 17.7. The van der Waals surface area contributed by atoms with Crippen molar-refractivity contribution in [2.24, 2.45) is 0 Å². The van der Waals surface area contributed by atoms with Crippen LogP contribution >= 0.6 is 0 Å². The van der Waals surface area contributed by atoms with Crippen molar-refractivity contribution in [1.29, 1.82) is 0 Å². The molecule has 2 aliphatic heterocycles. The smallest absolute Gasteiger partial charge is 0.254 e. The number of aromatic nitrogens is 1. The van der Waals surface area contributed by atoms with Crippen molar-refractivity contribution in [1.82, 2.24) is 20.1 Å². The minimum absolute atomic E-state index is 0.0275. The molecule has 5 rings (SSSR count). The summed E-state index contributed by atoms with van der Waals surface area (Å²) in [4.78, 5) is 35.6. The molecule has 1 aromatic heterocycles. The van der Waals surface area contributed by atoms with Crippen molar-refractivity contribution in [2.75, 3.05) is 19.6 Å². The van der Waals surface area contributed by atoms with Crippen molar-refractivity contribution in [3.05, 3.63) is 101 Å². The standard InChI is InChI=1S/C30H32N4O2/c1-20-6-9-23(10-7-20)25-15-26(29(35)32-22(3)24-11-8-21(2)31-18-24)17-27(16-25)30(36)34-14-13-33-12-4-5-28(33)19-34/h4,6-12,15-18,22,28H,5,13-14,19H2,1-3H3,(H,32,35)/t22-,28?/m1/s1. The van der Waals surface area contributed by atoms with Gasteiger partial charge in [-0.15, -0.1) is 0 Å². The highest BCUT2D eigenvalue weighted by molar-refractivity contribution is 6.01. The largest absolute Gasteiger partial charge is 0.371 e. The van der Waals surface area contributed by atoms with Crippen LogP contribution < -0.4 is 5.32 Å². The van der Waals surface area contributed by atoms with E-state index < -0.39 is 0 Å². The van der Waals surface area contributed by atoms with Crippen LogP contribution in [0.15, 0.2) is 73.1 Å². The SMILES string of the molecule is Cc1ccc(-c2cc(C(=O)N[C@H](C)c3ccc(C)nc3)cc(C(=O)N3CCN4C=CCC4C3)c2)cc1. The molecule has 2 atom stereocenters. The van der Waals surface area contributed by atoms with E-state index in [9.17, 15) is 9.59 Å². The van der Waals surface area contributed by atoms with Crippen molar-refractivity contribution in [3.63, 3.8) is 0 Å². The third-order valence-electron chi connectivity index (χ3n) is 7.13. The molecule has 6 nitrogen and oxygen atoms in total. The van der Waals surface area contributed by atoms with Crippen LogP contribution in [-0.4, -0.2) is 52.3 Å². The summed E-state index contributed by atoms with van der Waals surface area (Å²) in [6.07, 6.45) is 7.06. The number of nitrogens with zero attached hydrogens (tertiary/aromatic N) is 3.